The third kappa shape index (κ3) is 5.22. The summed E-state index contributed by atoms with van der Waals surface area (Å²) in [4.78, 5) is 28.6. The highest BCUT2D eigenvalue weighted by molar-refractivity contribution is 8.18. The molecule has 0 aromatic heterocycles. The summed E-state index contributed by atoms with van der Waals surface area (Å²) in [6.07, 6.45) is -1.92. The highest BCUT2D eigenvalue weighted by Gasteiger charge is 2.34. The molecule has 0 atom stereocenters. The molecule has 184 valence electrons. The normalized spacial score (nSPS) is 19.6. The van der Waals surface area contributed by atoms with Crippen molar-refractivity contribution in [1.82, 2.24) is 5.32 Å². The van der Waals surface area contributed by atoms with Crippen LogP contribution in [0.1, 0.15) is 48.9 Å². The van der Waals surface area contributed by atoms with Gasteiger partial charge in [0.05, 0.1) is 10.6 Å². The van der Waals surface area contributed by atoms with Gasteiger partial charge in [-0.3, -0.25) is 14.9 Å². The van der Waals surface area contributed by atoms with E-state index in [1.54, 1.807) is 0 Å². The van der Waals surface area contributed by atoms with Crippen molar-refractivity contribution in [2.75, 3.05) is 7.11 Å². The molecular weight excluding hydrogens is 481 g/mol. The lowest BCUT2D eigenvalue weighted by Crippen LogP contribution is -2.28. The molecule has 1 aliphatic heterocycles. The second-order valence-electron chi connectivity index (χ2n) is 8.97. The summed E-state index contributed by atoms with van der Waals surface area (Å²) in [6.45, 7) is 6.06. The molecule has 1 fully saturated rings. The average Bonchev–Trinajstić information content (AvgIpc) is 3.07. The fraction of sp³-hybridized carbons (Fsp3) is 0.320. The number of hydrogen-bond donors (Lipinski definition) is 1. The maximum Gasteiger partial charge on any atom is 0.573 e. The topological polar surface area (TPSA) is 77.0 Å². The molecule has 0 radical (unpaired) electrons. The monoisotopic (exact) mass is 504 g/mol. The summed E-state index contributed by atoms with van der Waals surface area (Å²) < 4.78 is 44.1. The van der Waals surface area contributed by atoms with Gasteiger partial charge in [-0.05, 0) is 83.5 Å². The number of alkyl halides is 3. The highest BCUT2D eigenvalue weighted by atomic mass is 32.2. The molecule has 0 spiro atoms. The molecule has 6 nitrogen and oxygen atoms in total. The minimum atomic E-state index is -4.89. The first-order chi connectivity index (χ1) is 16.4. The average molecular weight is 505 g/mol. The third-order valence-corrected chi connectivity index (χ3v) is 6.86. The lowest BCUT2D eigenvalue weighted by Gasteiger charge is -2.34. The van der Waals surface area contributed by atoms with Gasteiger partial charge in [-0.15, -0.1) is 13.2 Å². The van der Waals surface area contributed by atoms with Crippen LogP contribution < -0.4 is 10.1 Å². The maximum atomic E-state index is 13.2. The Balaban J connectivity index is 1.91. The van der Waals surface area contributed by atoms with E-state index in [9.17, 15) is 22.8 Å². The van der Waals surface area contributed by atoms with Crippen LogP contribution in [-0.4, -0.2) is 30.3 Å². The van der Waals surface area contributed by atoms with E-state index < -0.39 is 17.5 Å². The van der Waals surface area contributed by atoms with Crippen molar-refractivity contribution in [2.24, 2.45) is 5.16 Å². The summed E-state index contributed by atoms with van der Waals surface area (Å²) in [5.74, 6) is -0.924. The zero-order valence-corrected chi connectivity index (χ0v) is 20.3. The number of fused-ring (bicyclic) bond motifs is 1. The summed E-state index contributed by atoms with van der Waals surface area (Å²) in [5, 5.41) is 5.81. The predicted octanol–water partition coefficient (Wildman–Crippen LogP) is 6.31. The minimum absolute atomic E-state index is 0.150. The van der Waals surface area contributed by atoms with Crippen molar-refractivity contribution < 1.29 is 32.3 Å². The Labute approximate surface area is 204 Å². The van der Waals surface area contributed by atoms with Crippen LogP contribution in [0.2, 0.25) is 0 Å². The molecule has 1 N–H and O–H groups in total. The Morgan fingerprint density at radius 1 is 1.11 bits per heavy atom. The maximum absolute atomic E-state index is 13.2. The molecule has 2 aliphatic rings. The van der Waals surface area contributed by atoms with Crippen molar-refractivity contribution in [3.8, 4) is 16.9 Å². The Bertz CT molecular complexity index is 1280. The fourth-order valence-electron chi connectivity index (χ4n) is 4.34. The van der Waals surface area contributed by atoms with Gasteiger partial charge in [0.25, 0.3) is 11.1 Å². The Hall–Kier alpha value is -3.27. The van der Waals surface area contributed by atoms with E-state index in [1.165, 1.54) is 31.4 Å². The molecule has 0 saturated carbocycles. The van der Waals surface area contributed by atoms with Crippen molar-refractivity contribution in [3.05, 3.63) is 57.5 Å². The first-order valence-corrected chi connectivity index (χ1v) is 11.6. The number of carbonyl (C=O) groups is 2. The van der Waals surface area contributed by atoms with E-state index in [1.807, 2.05) is 19.1 Å². The van der Waals surface area contributed by atoms with Gasteiger partial charge >= 0.3 is 6.36 Å². The molecule has 0 bridgehead atoms. The molecular formula is C25H23F3N2O4S. The fourth-order valence-corrected chi connectivity index (χ4v) is 5.02. The Morgan fingerprint density at radius 2 is 1.86 bits per heavy atom. The Morgan fingerprint density at radius 3 is 2.49 bits per heavy atom. The van der Waals surface area contributed by atoms with Gasteiger partial charge < -0.3 is 9.57 Å². The predicted molar refractivity (Wildman–Crippen MR) is 128 cm³/mol. The number of thioether (sulfide) groups is 1. The van der Waals surface area contributed by atoms with Gasteiger partial charge in [-0.1, -0.05) is 31.1 Å². The van der Waals surface area contributed by atoms with Gasteiger partial charge in [0.1, 0.15) is 12.9 Å². The molecule has 35 heavy (non-hydrogen) atoms. The SMILES string of the molecule is CO/N=C1\CCC(C)(C)c2cc(C)c(-c3cc(/C=C4/SC(=O)NC4=O)ccc3OC(F)(F)F)cc21. The van der Waals surface area contributed by atoms with Crippen LogP contribution in [0, 0.1) is 6.92 Å². The number of aryl methyl sites for hydroxylation is 1. The number of imide groups is 1. The number of rotatable bonds is 4. The first kappa shape index (κ1) is 24.8. The van der Waals surface area contributed by atoms with Gasteiger partial charge in [0.2, 0.25) is 0 Å². The van der Waals surface area contributed by atoms with Crippen molar-refractivity contribution >= 4 is 34.7 Å². The number of carbonyl (C=O) groups excluding carboxylic acids is 2. The van der Waals surface area contributed by atoms with Crippen LogP contribution in [0.25, 0.3) is 17.2 Å². The lowest BCUT2D eigenvalue weighted by atomic mass is 9.70. The highest BCUT2D eigenvalue weighted by Crippen LogP contribution is 2.43. The number of nitrogens with one attached hydrogen (secondary N) is 1. The minimum Gasteiger partial charge on any atom is -0.405 e. The molecule has 2 amide bonds. The number of nitrogens with zero attached hydrogens (tertiary/aromatic N) is 1. The summed E-state index contributed by atoms with van der Waals surface area (Å²) in [5.41, 5.74) is 4.35. The van der Waals surface area contributed by atoms with E-state index in [-0.39, 0.29) is 21.6 Å². The van der Waals surface area contributed by atoms with Gasteiger partial charge in [-0.2, -0.15) is 0 Å². The molecule has 4 rings (SSSR count). The second-order valence-corrected chi connectivity index (χ2v) is 9.99. The van der Waals surface area contributed by atoms with E-state index in [0.717, 1.165) is 40.6 Å². The molecule has 1 heterocycles. The molecule has 1 saturated heterocycles. The van der Waals surface area contributed by atoms with E-state index in [4.69, 9.17) is 4.84 Å². The van der Waals surface area contributed by atoms with Gasteiger partial charge in [0, 0.05) is 11.1 Å². The van der Waals surface area contributed by atoms with Crippen molar-refractivity contribution in [3.63, 3.8) is 0 Å². The molecule has 10 heteroatoms. The number of hydrogen-bond acceptors (Lipinski definition) is 6. The summed E-state index contributed by atoms with van der Waals surface area (Å²) in [6, 6.07) is 7.92. The van der Waals surface area contributed by atoms with Gasteiger partial charge in [0.15, 0.2) is 0 Å². The summed E-state index contributed by atoms with van der Waals surface area (Å²) >= 11 is 0.732. The summed E-state index contributed by atoms with van der Waals surface area (Å²) in [7, 11) is 1.45. The second kappa shape index (κ2) is 9.07. The van der Waals surface area contributed by atoms with E-state index >= 15 is 0 Å². The van der Waals surface area contributed by atoms with E-state index in [0.29, 0.717) is 17.5 Å². The van der Waals surface area contributed by atoms with E-state index in [2.05, 4.69) is 29.1 Å². The quantitative estimate of drug-likeness (QED) is 0.390. The third-order valence-electron chi connectivity index (χ3n) is 6.05. The molecule has 2 aromatic rings. The van der Waals surface area contributed by atoms with Crippen molar-refractivity contribution in [1.29, 1.82) is 0 Å². The number of ether oxygens (including phenoxy) is 1. The van der Waals surface area contributed by atoms with Crippen molar-refractivity contribution in [2.45, 2.75) is 45.4 Å². The zero-order chi connectivity index (χ0) is 25.5. The van der Waals surface area contributed by atoms with Gasteiger partial charge in [-0.25, -0.2) is 0 Å². The largest absolute Gasteiger partial charge is 0.573 e. The molecule has 1 aliphatic carbocycles. The number of amides is 2. The molecule has 0 unspecified atom stereocenters. The van der Waals surface area contributed by atoms with Crippen LogP contribution in [0.5, 0.6) is 5.75 Å². The van der Waals surface area contributed by atoms with Crippen LogP contribution in [0.4, 0.5) is 18.0 Å². The van der Waals surface area contributed by atoms with Crippen LogP contribution in [0.3, 0.4) is 0 Å². The number of halogens is 3. The standard InChI is InChI=1S/C25H23F3N2O4S/c1-13-9-18-17(19(30-33-4)7-8-24(18,2)3)12-15(13)16-10-14(5-6-20(16)34-25(26,27)28)11-21-22(31)29-23(32)35-21/h5-6,9-12H,7-8H2,1-4H3,(H,29,31,32)/b21-11+,30-19+. The lowest BCUT2D eigenvalue weighted by molar-refractivity contribution is -0.274. The first-order valence-electron chi connectivity index (χ1n) is 10.8. The Kier molecular flexibility index (Phi) is 6.44. The van der Waals surface area contributed by atoms with Crippen LogP contribution >= 0.6 is 11.8 Å². The van der Waals surface area contributed by atoms with Crippen LogP contribution in [0.15, 0.2) is 40.4 Å². The number of oxime groups is 1. The zero-order valence-electron chi connectivity index (χ0n) is 19.5. The van der Waals surface area contributed by atoms with Crippen LogP contribution in [-0.2, 0) is 15.0 Å². The molecule has 2 aromatic carbocycles. The smallest absolute Gasteiger partial charge is 0.405 e. The number of benzene rings is 2.